The van der Waals surface area contributed by atoms with Crippen molar-refractivity contribution >= 4 is 33.8 Å². The van der Waals surface area contributed by atoms with Crippen LogP contribution in [0.2, 0.25) is 0 Å². The highest BCUT2D eigenvalue weighted by Gasteiger charge is 2.07. The van der Waals surface area contributed by atoms with Crippen LogP contribution in [0.1, 0.15) is 11.1 Å². The van der Waals surface area contributed by atoms with E-state index in [1.165, 1.54) is 6.07 Å². The first-order valence-electron chi connectivity index (χ1n) is 6.77. The molecule has 0 aliphatic rings. The van der Waals surface area contributed by atoms with E-state index in [0.29, 0.717) is 17.1 Å². The molecule has 0 saturated heterocycles. The van der Waals surface area contributed by atoms with Crippen molar-refractivity contribution in [2.75, 3.05) is 14.1 Å². The molecule has 0 saturated carbocycles. The molecule has 0 atom stereocenters. The summed E-state index contributed by atoms with van der Waals surface area (Å²) in [7, 11) is 3.76. The van der Waals surface area contributed by atoms with E-state index in [1.807, 2.05) is 43.3 Å². The molecule has 0 bridgehead atoms. The van der Waals surface area contributed by atoms with Crippen LogP contribution in [0.5, 0.6) is 0 Å². The van der Waals surface area contributed by atoms with Crippen LogP contribution in [-0.2, 0) is 0 Å². The van der Waals surface area contributed by atoms with E-state index in [0.717, 1.165) is 10.0 Å². The molecule has 0 spiro atoms. The lowest BCUT2D eigenvalue weighted by Gasteiger charge is -2.07. The van der Waals surface area contributed by atoms with E-state index in [1.54, 1.807) is 25.4 Å². The summed E-state index contributed by atoms with van der Waals surface area (Å²) in [6, 6.07) is 12.6. The second kappa shape index (κ2) is 7.31. The molecule has 0 unspecified atom stereocenters. The van der Waals surface area contributed by atoms with Crippen molar-refractivity contribution in [1.82, 2.24) is 4.90 Å². The van der Waals surface area contributed by atoms with Gasteiger partial charge in [0.2, 0.25) is 0 Å². The van der Waals surface area contributed by atoms with Crippen LogP contribution < -0.4 is 0 Å². The molecule has 0 aromatic heterocycles. The predicted octanol–water partition coefficient (Wildman–Crippen LogP) is 4.56. The first-order valence-corrected chi connectivity index (χ1v) is 7.57. The van der Waals surface area contributed by atoms with Gasteiger partial charge in [-0.3, -0.25) is 0 Å². The number of aliphatic imine (C=N–C) groups is 2. The van der Waals surface area contributed by atoms with E-state index >= 15 is 0 Å². The van der Waals surface area contributed by atoms with Gasteiger partial charge in [0.05, 0.1) is 12.0 Å². The Hall–Kier alpha value is -2.01. The van der Waals surface area contributed by atoms with Gasteiger partial charge in [0.1, 0.15) is 5.82 Å². The van der Waals surface area contributed by atoms with Crippen molar-refractivity contribution in [1.29, 1.82) is 0 Å². The van der Waals surface area contributed by atoms with Crippen molar-refractivity contribution in [2.24, 2.45) is 9.98 Å². The van der Waals surface area contributed by atoms with Crippen LogP contribution in [0.25, 0.3) is 0 Å². The third-order valence-electron chi connectivity index (χ3n) is 2.92. The number of benzene rings is 2. The molecular weight excluding hydrogens is 345 g/mol. The zero-order chi connectivity index (χ0) is 16.1. The topological polar surface area (TPSA) is 28.0 Å². The highest BCUT2D eigenvalue weighted by molar-refractivity contribution is 9.10. The fraction of sp³-hybridized carbons (Fsp3) is 0.176. The zero-order valence-electron chi connectivity index (χ0n) is 12.7. The molecule has 2 aromatic rings. The summed E-state index contributed by atoms with van der Waals surface area (Å²) >= 11 is 3.50. The number of aryl methyl sites for hydroxylation is 1. The second-order valence-corrected chi connectivity index (χ2v) is 5.91. The third kappa shape index (κ3) is 4.24. The van der Waals surface area contributed by atoms with Crippen molar-refractivity contribution in [2.45, 2.75) is 6.92 Å². The molecule has 0 fully saturated rings. The molecule has 22 heavy (non-hydrogen) atoms. The van der Waals surface area contributed by atoms with Crippen LogP contribution in [0, 0.1) is 12.7 Å². The van der Waals surface area contributed by atoms with Gasteiger partial charge in [0, 0.05) is 24.1 Å². The highest BCUT2D eigenvalue weighted by Crippen LogP contribution is 2.22. The normalized spacial score (nSPS) is 12.0. The summed E-state index contributed by atoms with van der Waals surface area (Å²) in [5.74, 6) is 0.244. The molecule has 2 rings (SSSR count). The van der Waals surface area contributed by atoms with Crippen LogP contribution in [0.3, 0.4) is 0 Å². The van der Waals surface area contributed by atoms with E-state index < -0.39 is 0 Å². The molecule has 0 heterocycles. The number of hydrogen-bond acceptors (Lipinski definition) is 1. The summed E-state index contributed by atoms with van der Waals surface area (Å²) in [6.07, 6.45) is 1.67. The Kier molecular flexibility index (Phi) is 5.44. The average Bonchev–Trinajstić information content (AvgIpc) is 2.48. The summed E-state index contributed by atoms with van der Waals surface area (Å²) in [4.78, 5) is 10.7. The van der Waals surface area contributed by atoms with Crippen molar-refractivity contribution in [3.63, 3.8) is 0 Å². The number of amidine groups is 1. The molecular formula is C17H17BrFN3. The molecule has 2 aromatic carbocycles. The Labute approximate surface area is 138 Å². The zero-order valence-corrected chi connectivity index (χ0v) is 14.3. The number of rotatable bonds is 3. The first kappa shape index (κ1) is 16.4. The minimum absolute atomic E-state index is 0.274. The number of halogens is 2. The molecule has 0 aliphatic heterocycles. The smallest absolute Gasteiger partial charge is 0.162 e. The Morgan fingerprint density at radius 2 is 1.91 bits per heavy atom. The summed E-state index contributed by atoms with van der Waals surface area (Å²) in [6.45, 7) is 1.72. The Morgan fingerprint density at radius 3 is 2.55 bits per heavy atom. The van der Waals surface area contributed by atoms with Crippen molar-refractivity contribution < 1.29 is 4.39 Å². The highest BCUT2D eigenvalue weighted by atomic mass is 79.9. The monoisotopic (exact) mass is 361 g/mol. The van der Waals surface area contributed by atoms with Gasteiger partial charge >= 0.3 is 0 Å². The maximum atomic E-state index is 13.7. The lowest BCUT2D eigenvalue weighted by molar-refractivity contribution is 0.619. The Balaban J connectivity index is 2.50. The van der Waals surface area contributed by atoms with Gasteiger partial charge in [-0.25, -0.2) is 14.4 Å². The first-order chi connectivity index (χ1) is 10.5. The molecule has 3 nitrogen and oxygen atoms in total. The Bertz CT molecular complexity index is 724. The van der Waals surface area contributed by atoms with Gasteiger partial charge in [0.15, 0.2) is 5.84 Å². The number of hydrogen-bond donors (Lipinski definition) is 0. The van der Waals surface area contributed by atoms with E-state index in [4.69, 9.17) is 0 Å². The van der Waals surface area contributed by atoms with Crippen molar-refractivity contribution in [3.05, 3.63) is 63.9 Å². The largest absolute Gasteiger partial charge is 0.369 e. The van der Waals surface area contributed by atoms with Gasteiger partial charge in [-0.2, -0.15) is 0 Å². The molecule has 0 radical (unpaired) electrons. The van der Waals surface area contributed by atoms with Crippen LogP contribution in [0.4, 0.5) is 10.1 Å². The maximum Gasteiger partial charge on any atom is 0.162 e. The Morgan fingerprint density at radius 1 is 1.18 bits per heavy atom. The van der Waals surface area contributed by atoms with Gasteiger partial charge in [0.25, 0.3) is 0 Å². The maximum absolute atomic E-state index is 13.7. The fourth-order valence-electron chi connectivity index (χ4n) is 1.74. The molecule has 0 N–H and O–H groups in total. The minimum Gasteiger partial charge on any atom is -0.369 e. The van der Waals surface area contributed by atoms with Crippen LogP contribution in [0.15, 0.2) is 56.9 Å². The minimum atomic E-state index is -0.274. The van der Waals surface area contributed by atoms with E-state index in [2.05, 4.69) is 25.9 Å². The molecule has 114 valence electrons. The lowest BCUT2D eigenvalue weighted by atomic mass is 10.2. The molecule has 0 amide bonds. The van der Waals surface area contributed by atoms with E-state index in [-0.39, 0.29) is 5.82 Å². The average molecular weight is 362 g/mol. The SMILES string of the molecule is Cc1ccc(N=C(/N=C/N(C)C)c2ccccc2Br)cc1F. The summed E-state index contributed by atoms with van der Waals surface area (Å²) < 4.78 is 14.6. The van der Waals surface area contributed by atoms with Crippen LogP contribution in [-0.4, -0.2) is 31.2 Å². The van der Waals surface area contributed by atoms with Gasteiger partial charge < -0.3 is 4.90 Å². The molecule has 5 heteroatoms. The quantitative estimate of drug-likeness (QED) is 0.581. The second-order valence-electron chi connectivity index (χ2n) is 5.06. The number of nitrogens with zero attached hydrogens (tertiary/aromatic N) is 3. The standard InChI is InChI=1S/C17H17BrFN3/c1-12-8-9-13(10-16(12)19)21-17(20-11-22(2)3)14-6-4-5-7-15(14)18/h4-11H,1-3H3/b20-11+,21-17?. The third-order valence-corrected chi connectivity index (χ3v) is 3.61. The van der Waals surface area contributed by atoms with Gasteiger partial charge in [-0.05, 0) is 30.7 Å². The lowest BCUT2D eigenvalue weighted by Crippen LogP contribution is -2.10. The molecule has 0 aliphatic carbocycles. The van der Waals surface area contributed by atoms with Crippen LogP contribution >= 0.6 is 15.9 Å². The van der Waals surface area contributed by atoms with Gasteiger partial charge in [-0.1, -0.05) is 40.2 Å². The predicted molar refractivity (Wildman–Crippen MR) is 93.7 cm³/mol. The fourth-order valence-corrected chi connectivity index (χ4v) is 2.21. The van der Waals surface area contributed by atoms with E-state index in [9.17, 15) is 4.39 Å². The summed E-state index contributed by atoms with van der Waals surface area (Å²) in [5, 5.41) is 0. The summed E-state index contributed by atoms with van der Waals surface area (Å²) in [5.41, 5.74) is 1.98. The van der Waals surface area contributed by atoms with Crippen molar-refractivity contribution in [3.8, 4) is 0 Å². The van der Waals surface area contributed by atoms with Gasteiger partial charge in [-0.15, -0.1) is 0 Å².